The largest absolute Gasteiger partial charge is 0.394 e. The first kappa shape index (κ1) is 25.4. The number of hydrogen-bond acceptors (Lipinski definition) is 3. The first-order valence-electron chi connectivity index (χ1n) is 11.2. The van der Waals surface area contributed by atoms with E-state index in [0.717, 1.165) is 25.7 Å². The molecule has 0 saturated heterocycles. The van der Waals surface area contributed by atoms with E-state index in [1.165, 1.54) is 64.2 Å². The van der Waals surface area contributed by atoms with Crippen LogP contribution >= 0.6 is 0 Å². The van der Waals surface area contributed by atoms with Gasteiger partial charge in [-0.3, -0.25) is 4.79 Å². The summed E-state index contributed by atoms with van der Waals surface area (Å²) >= 11 is 0. The number of hydrogen-bond donors (Lipinski definition) is 3. The summed E-state index contributed by atoms with van der Waals surface area (Å²) in [5.41, 5.74) is 0. The molecule has 0 rings (SSSR count). The lowest BCUT2D eigenvalue weighted by Gasteiger charge is -2.22. The predicted octanol–water partition coefficient (Wildman–Crippen LogP) is 5.11. The Morgan fingerprint density at radius 2 is 1.23 bits per heavy atom. The highest BCUT2D eigenvalue weighted by Crippen LogP contribution is 2.12. The van der Waals surface area contributed by atoms with Crippen molar-refractivity contribution in [1.82, 2.24) is 5.32 Å². The van der Waals surface area contributed by atoms with E-state index in [-0.39, 0.29) is 12.5 Å². The van der Waals surface area contributed by atoms with Gasteiger partial charge in [0.25, 0.3) is 0 Å². The van der Waals surface area contributed by atoms with Crippen LogP contribution in [0.25, 0.3) is 0 Å². The van der Waals surface area contributed by atoms with Gasteiger partial charge in [0, 0.05) is 6.42 Å². The quantitative estimate of drug-likeness (QED) is 0.276. The molecule has 0 aliphatic rings. The zero-order valence-corrected chi connectivity index (χ0v) is 17.5. The fourth-order valence-corrected chi connectivity index (χ4v) is 3.30. The Bertz CT molecular complexity index is 310. The summed E-state index contributed by atoms with van der Waals surface area (Å²) in [5.74, 6) is -0.0452. The zero-order chi connectivity index (χ0) is 19.5. The van der Waals surface area contributed by atoms with Crippen LogP contribution in [-0.4, -0.2) is 34.9 Å². The lowest BCUT2D eigenvalue weighted by atomic mass is 10.0. The molecule has 0 aromatic heterocycles. The van der Waals surface area contributed by atoms with Crippen molar-refractivity contribution in [3.8, 4) is 0 Å². The van der Waals surface area contributed by atoms with Crippen molar-refractivity contribution in [3.63, 3.8) is 0 Å². The van der Waals surface area contributed by atoms with Gasteiger partial charge in [-0.25, -0.2) is 0 Å². The van der Waals surface area contributed by atoms with Crippen molar-refractivity contribution >= 4 is 5.91 Å². The van der Waals surface area contributed by atoms with Gasteiger partial charge in [-0.1, -0.05) is 97.3 Å². The molecule has 4 heteroatoms. The Kier molecular flexibility index (Phi) is 18.7. The number of amides is 1. The average molecular weight is 372 g/mol. The standard InChI is InChI=1S/C22H45NO3/c1-3-5-7-9-11-13-15-17-21(25)20(19-24)23-22(26)18-16-14-12-10-8-6-4-2/h20-21,24-25H,3-19H2,1-2H3,(H,23,26). The van der Waals surface area contributed by atoms with E-state index in [1.54, 1.807) is 0 Å². The average Bonchev–Trinajstić information content (AvgIpc) is 2.64. The van der Waals surface area contributed by atoms with Gasteiger partial charge in [0.1, 0.15) is 0 Å². The van der Waals surface area contributed by atoms with Crippen LogP contribution in [0.2, 0.25) is 0 Å². The highest BCUT2D eigenvalue weighted by atomic mass is 16.3. The Morgan fingerprint density at radius 3 is 1.73 bits per heavy atom. The van der Waals surface area contributed by atoms with E-state index >= 15 is 0 Å². The summed E-state index contributed by atoms with van der Waals surface area (Å²) in [6.07, 6.45) is 17.2. The molecule has 0 spiro atoms. The number of carbonyl (C=O) groups is 1. The van der Waals surface area contributed by atoms with Gasteiger partial charge in [-0.05, 0) is 12.8 Å². The normalized spacial score (nSPS) is 13.5. The smallest absolute Gasteiger partial charge is 0.220 e. The summed E-state index contributed by atoms with van der Waals surface area (Å²) in [7, 11) is 0. The molecular weight excluding hydrogens is 326 g/mol. The fourth-order valence-electron chi connectivity index (χ4n) is 3.30. The molecular formula is C22H45NO3. The molecule has 0 bridgehead atoms. The second kappa shape index (κ2) is 19.2. The maximum Gasteiger partial charge on any atom is 0.220 e. The first-order chi connectivity index (χ1) is 12.7. The molecule has 0 heterocycles. The third kappa shape index (κ3) is 15.6. The summed E-state index contributed by atoms with van der Waals surface area (Å²) in [5, 5.41) is 22.5. The van der Waals surface area contributed by atoms with Gasteiger partial charge in [0.2, 0.25) is 5.91 Å². The molecule has 0 saturated carbocycles. The molecule has 4 nitrogen and oxygen atoms in total. The topological polar surface area (TPSA) is 69.6 Å². The second-order valence-corrected chi connectivity index (χ2v) is 7.71. The molecule has 156 valence electrons. The minimum Gasteiger partial charge on any atom is -0.394 e. The van der Waals surface area contributed by atoms with Crippen LogP contribution in [0.1, 0.15) is 117 Å². The fraction of sp³-hybridized carbons (Fsp3) is 0.955. The van der Waals surface area contributed by atoms with Crippen LogP contribution in [0, 0.1) is 0 Å². The van der Waals surface area contributed by atoms with E-state index in [1.807, 2.05) is 0 Å². The predicted molar refractivity (Wildman–Crippen MR) is 110 cm³/mol. The van der Waals surface area contributed by atoms with Gasteiger partial charge in [0.05, 0.1) is 18.8 Å². The third-order valence-electron chi connectivity index (χ3n) is 5.12. The lowest BCUT2D eigenvalue weighted by molar-refractivity contribution is -0.123. The van der Waals surface area contributed by atoms with Crippen LogP contribution in [0.3, 0.4) is 0 Å². The molecule has 26 heavy (non-hydrogen) atoms. The molecule has 0 aliphatic carbocycles. The summed E-state index contributed by atoms with van der Waals surface area (Å²) in [6.45, 7) is 4.23. The number of carbonyl (C=O) groups excluding carboxylic acids is 1. The maximum atomic E-state index is 12.0. The third-order valence-corrected chi connectivity index (χ3v) is 5.12. The maximum absolute atomic E-state index is 12.0. The van der Waals surface area contributed by atoms with Gasteiger partial charge in [0.15, 0.2) is 0 Å². The number of nitrogens with one attached hydrogen (secondary N) is 1. The van der Waals surface area contributed by atoms with Crippen LogP contribution in [0.5, 0.6) is 0 Å². The molecule has 2 atom stereocenters. The lowest BCUT2D eigenvalue weighted by Crippen LogP contribution is -2.45. The van der Waals surface area contributed by atoms with Crippen molar-refractivity contribution in [2.24, 2.45) is 0 Å². The molecule has 2 unspecified atom stereocenters. The van der Waals surface area contributed by atoms with Gasteiger partial charge < -0.3 is 15.5 Å². The molecule has 1 amide bonds. The molecule has 0 aromatic carbocycles. The van der Waals surface area contributed by atoms with Crippen molar-refractivity contribution < 1.29 is 15.0 Å². The van der Waals surface area contributed by atoms with E-state index in [2.05, 4.69) is 19.2 Å². The van der Waals surface area contributed by atoms with Crippen molar-refractivity contribution in [2.75, 3.05) is 6.61 Å². The van der Waals surface area contributed by atoms with Crippen LogP contribution in [0.4, 0.5) is 0 Å². The molecule has 0 aliphatic heterocycles. The van der Waals surface area contributed by atoms with Gasteiger partial charge in [-0.2, -0.15) is 0 Å². The Morgan fingerprint density at radius 1 is 0.769 bits per heavy atom. The van der Waals surface area contributed by atoms with E-state index in [4.69, 9.17) is 0 Å². The van der Waals surface area contributed by atoms with Crippen LogP contribution in [-0.2, 0) is 4.79 Å². The molecule has 0 aromatic rings. The summed E-state index contributed by atoms with van der Waals surface area (Å²) in [6, 6.07) is -0.521. The van der Waals surface area contributed by atoms with Crippen molar-refractivity contribution in [2.45, 2.75) is 129 Å². The van der Waals surface area contributed by atoms with E-state index in [0.29, 0.717) is 12.8 Å². The SMILES string of the molecule is CCCCCCCCCC(=O)NC(CO)C(O)CCCCCCCCC. The summed E-state index contributed by atoms with van der Waals surface area (Å²) < 4.78 is 0. The highest BCUT2D eigenvalue weighted by Gasteiger charge is 2.19. The van der Waals surface area contributed by atoms with E-state index in [9.17, 15) is 15.0 Å². The van der Waals surface area contributed by atoms with Crippen LogP contribution in [0.15, 0.2) is 0 Å². The van der Waals surface area contributed by atoms with Crippen molar-refractivity contribution in [3.05, 3.63) is 0 Å². The molecule has 0 fully saturated rings. The minimum absolute atomic E-state index is 0.0452. The number of aliphatic hydroxyl groups is 2. The van der Waals surface area contributed by atoms with Gasteiger partial charge in [-0.15, -0.1) is 0 Å². The number of unbranched alkanes of at least 4 members (excludes halogenated alkanes) is 12. The van der Waals surface area contributed by atoms with Crippen molar-refractivity contribution in [1.29, 1.82) is 0 Å². The van der Waals surface area contributed by atoms with E-state index < -0.39 is 12.1 Å². The first-order valence-corrected chi connectivity index (χ1v) is 11.2. The second-order valence-electron chi connectivity index (χ2n) is 7.71. The summed E-state index contributed by atoms with van der Waals surface area (Å²) in [4.78, 5) is 12.0. The zero-order valence-electron chi connectivity index (χ0n) is 17.5. The molecule has 0 radical (unpaired) electrons. The highest BCUT2D eigenvalue weighted by molar-refractivity contribution is 5.76. The van der Waals surface area contributed by atoms with Crippen LogP contribution < -0.4 is 5.32 Å². The molecule has 3 N–H and O–H groups in total. The number of aliphatic hydroxyl groups excluding tert-OH is 2. The Hall–Kier alpha value is -0.610. The monoisotopic (exact) mass is 371 g/mol. The Labute approximate surface area is 162 Å². The minimum atomic E-state index is -0.645. The number of rotatable bonds is 19. The van der Waals surface area contributed by atoms with Gasteiger partial charge >= 0.3 is 0 Å². The Balaban J connectivity index is 3.71.